The molecule has 3 rings (SSSR count). The number of benzene rings is 1. The SMILES string of the molecule is Nc1nc(Nc2ccc(Cl)c(F)c2)c2[nH]cnc2n1. The minimum absolute atomic E-state index is 0.0550. The highest BCUT2D eigenvalue weighted by Gasteiger charge is 2.09. The Labute approximate surface area is 111 Å². The smallest absolute Gasteiger partial charge is 0.224 e. The number of halogens is 2. The first-order chi connectivity index (χ1) is 9.13. The molecule has 0 atom stereocenters. The van der Waals surface area contributed by atoms with Crippen LogP contribution in [0, 0.1) is 5.82 Å². The van der Waals surface area contributed by atoms with Crippen molar-refractivity contribution >= 4 is 40.2 Å². The van der Waals surface area contributed by atoms with Gasteiger partial charge in [-0.1, -0.05) is 11.6 Å². The number of aromatic amines is 1. The molecule has 19 heavy (non-hydrogen) atoms. The average molecular weight is 279 g/mol. The standard InChI is InChI=1S/C11H8ClFN6/c12-6-2-1-5(3-7(6)13)17-10-8-9(16-4-15-8)18-11(14)19-10/h1-4H,(H4,14,15,16,17,18,19). The molecule has 0 bridgehead atoms. The summed E-state index contributed by atoms with van der Waals surface area (Å²) in [4.78, 5) is 14.9. The third-order valence-corrected chi connectivity index (χ3v) is 2.79. The molecule has 0 radical (unpaired) electrons. The number of hydrogen-bond donors (Lipinski definition) is 3. The molecule has 0 spiro atoms. The topological polar surface area (TPSA) is 92.5 Å². The summed E-state index contributed by atoms with van der Waals surface area (Å²) in [5.74, 6) is -0.0205. The lowest BCUT2D eigenvalue weighted by Crippen LogP contribution is -2.01. The molecule has 0 aliphatic heterocycles. The molecule has 4 N–H and O–H groups in total. The van der Waals surface area contributed by atoms with Crippen molar-refractivity contribution in [2.45, 2.75) is 0 Å². The van der Waals surface area contributed by atoms with E-state index < -0.39 is 5.82 Å². The van der Waals surface area contributed by atoms with Crippen LogP contribution < -0.4 is 11.1 Å². The van der Waals surface area contributed by atoms with Gasteiger partial charge in [-0.2, -0.15) is 9.97 Å². The number of aromatic nitrogens is 4. The molecular formula is C11H8ClFN6. The lowest BCUT2D eigenvalue weighted by atomic mass is 10.3. The van der Waals surface area contributed by atoms with Crippen molar-refractivity contribution in [1.82, 2.24) is 19.9 Å². The summed E-state index contributed by atoms with van der Waals surface area (Å²) in [7, 11) is 0. The van der Waals surface area contributed by atoms with Crippen LogP contribution in [0.15, 0.2) is 24.5 Å². The summed E-state index contributed by atoms with van der Waals surface area (Å²) >= 11 is 5.62. The number of rotatable bonds is 2. The molecule has 0 aliphatic carbocycles. The highest BCUT2D eigenvalue weighted by molar-refractivity contribution is 6.30. The molecule has 3 aromatic rings. The van der Waals surface area contributed by atoms with Gasteiger partial charge >= 0.3 is 0 Å². The monoisotopic (exact) mass is 278 g/mol. The van der Waals surface area contributed by atoms with Crippen molar-refractivity contribution in [2.75, 3.05) is 11.1 Å². The third kappa shape index (κ3) is 2.15. The van der Waals surface area contributed by atoms with Gasteiger partial charge in [0.25, 0.3) is 0 Å². The zero-order valence-corrected chi connectivity index (χ0v) is 10.2. The van der Waals surface area contributed by atoms with Gasteiger partial charge in [0.05, 0.1) is 11.3 Å². The van der Waals surface area contributed by atoms with E-state index in [-0.39, 0.29) is 11.0 Å². The number of hydrogen-bond acceptors (Lipinski definition) is 5. The van der Waals surface area contributed by atoms with Crippen LogP contribution in [-0.2, 0) is 0 Å². The van der Waals surface area contributed by atoms with Gasteiger partial charge < -0.3 is 16.0 Å². The van der Waals surface area contributed by atoms with Crippen LogP contribution in [0.3, 0.4) is 0 Å². The molecule has 2 heterocycles. The fourth-order valence-electron chi connectivity index (χ4n) is 1.65. The summed E-state index contributed by atoms with van der Waals surface area (Å²) < 4.78 is 13.4. The number of nitrogens with zero attached hydrogens (tertiary/aromatic N) is 3. The fraction of sp³-hybridized carbons (Fsp3) is 0. The van der Waals surface area contributed by atoms with Crippen molar-refractivity contribution in [2.24, 2.45) is 0 Å². The first kappa shape index (κ1) is 11.7. The molecule has 0 saturated heterocycles. The highest BCUT2D eigenvalue weighted by atomic mass is 35.5. The second kappa shape index (κ2) is 4.36. The Balaban J connectivity index is 2.04. The summed E-state index contributed by atoms with van der Waals surface area (Å²) in [6.07, 6.45) is 1.48. The summed E-state index contributed by atoms with van der Waals surface area (Å²) in [6, 6.07) is 4.35. The van der Waals surface area contributed by atoms with Crippen LogP contribution in [0.1, 0.15) is 0 Å². The second-order valence-corrected chi connectivity index (χ2v) is 4.19. The minimum atomic E-state index is -0.519. The zero-order chi connectivity index (χ0) is 13.4. The molecule has 2 aromatic heterocycles. The predicted molar refractivity (Wildman–Crippen MR) is 70.8 cm³/mol. The van der Waals surface area contributed by atoms with E-state index in [0.717, 1.165) is 0 Å². The van der Waals surface area contributed by atoms with Crippen LogP contribution in [0.25, 0.3) is 11.2 Å². The predicted octanol–water partition coefficient (Wildman–Crippen LogP) is 2.47. The number of nitrogens with one attached hydrogen (secondary N) is 2. The molecular weight excluding hydrogens is 271 g/mol. The third-order valence-electron chi connectivity index (χ3n) is 2.49. The van der Waals surface area contributed by atoms with E-state index >= 15 is 0 Å². The highest BCUT2D eigenvalue weighted by Crippen LogP contribution is 2.24. The largest absolute Gasteiger partial charge is 0.368 e. The Morgan fingerprint density at radius 3 is 2.95 bits per heavy atom. The van der Waals surface area contributed by atoms with Crippen LogP contribution in [0.2, 0.25) is 5.02 Å². The first-order valence-corrected chi connectivity index (χ1v) is 5.70. The first-order valence-electron chi connectivity index (χ1n) is 5.32. The van der Waals surface area contributed by atoms with Crippen molar-refractivity contribution in [3.05, 3.63) is 35.4 Å². The molecule has 0 aliphatic rings. The lowest BCUT2D eigenvalue weighted by molar-refractivity contribution is 0.629. The number of H-pyrrole nitrogens is 1. The number of fused-ring (bicyclic) bond motifs is 1. The van der Waals surface area contributed by atoms with Crippen LogP contribution in [-0.4, -0.2) is 19.9 Å². The Morgan fingerprint density at radius 2 is 2.16 bits per heavy atom. The Bertz CT molecular complexity index is 756. The summed E-state index contributed by atoms with van der Waals surface area (Å²) in [5.41, 5.74) is 7.10. The Hall–Kier alpha value is -2.41. The number of nitrogens with two attached hydrogens (primary N) is 1. The van der Waals surface area contributed by atoms with E-state index in [9.17, 15) is 4.39 Å². The summed E-state index contributed by atoms with van der Waals surface area (Å²) in [5, 5.41) is 3.00. The van der Waals surface area contributed by atoms with Gasteiger partial charge in [-0.25, -0.2) is 9.37 Å². The molecule has 96 valence electrons. The fourth-order valence-corrected chi connectivity index (χ4v) is 1.77. The zero-order valence-electron chi connectivity index (χ0n) is 9.48. The van der Waals surface area contributed by atoms with E-state index in [2.05, 4.69) is 25.3 Å². The van der Waals surface area contributed by atoms with E-state index in [1.807, 2.05) is 0 Å². The lowest BCUT2D eigenvalue weighted by Gasteiger charge is -2.07. The van der Waals surface area contributed by atoms with Gasteiger partial charge in [0.1, 0.15) is 11.3 Å². The van der Waals surface area contributed by atoms with Crippen molar-refractivity contribution in [1.29, 1.82) is 0 Å². The van der Waals surface area contributed by atoms with Crippen molar-refractivity contribution in [3.8, 4) is 0 Å². The Morgan fingerprint density at radius 1 is 1.32 bits per heavy atom. The molecule has 0 unspecified atom stereocenters. The van der Waals surface area contributed by atoms with Crippen molar-refractivity contribution < 1.29 is 4.39 Å². The minimum Gasteiger partial charge on any atom is -0.368 e. The maximum atomic E-state index is 13.4. The maximum Gasteiger partial charge on any atom is 0.224 e. The molecule has 6 nitrogen and oxygen atoms in total. The van der Waals surface area contributed by atoms with Crippen molar-refractivity contribution in [3.63, 3.8) is 0 Å². The quantitative estimate of drug-likeness (QED) is 0.670. The van der Waals surface area contributed by atoms with Crippen LogP contribution in [0.5, 0.6) is 0 Å². The van der Waals surface area contributed by atoms with Gasteiger partial charge in [-0.15, -0.1) is 0 Å². The van der Waals surface area contributed by atoms with E-state index in [1.165, 1.54) is 18.5 Å². The van der Waals surface area contributed by atoms with Gasteiger partial charge in [-0.3, -0.25) is 0 Å². The summed E-state index contributed by atoms with van der Waals surface area (Å²) in [6.45, 7) is 0. The average Bonchev–Trinajstić information content (AvgIpc) is 2.82. The maximum absolute atomic E-state index is 13.4. The second-order valence-electron chi connectivity index (χ2n) is 3.79. The van der Waals surface area contributed by atoms with Gasteiger partial charge in [0.2, 0.25) is 5.95 Å². The normalized spacial score (nSPS) is 10.8. The molecule has 0 saturated carbocycles. The molecule has 0 fully saturated rings. The number of anilines is 3. The van der Waals surface area contributed by atoms with E-state index in [1.54, 1.807) is 6.07 Å². The Kier molecular flexibility index (Phi) is 2.68. The molecule has 8 heteroatoms. The van der Waals surface area contributed by atoms with Gasteiger partial charge in [0.15, 0.2) is 11.5 Å². The molecule has 1 aromatic carbocycles. The van der Waals surface area contributed by atoms with Gasteiger partial charge in [0, 0.05) is 5.69 Å². The van der Waals surface area contributed by atoms with E-state index in [4.69, 9.17) is 17.3 Å². The van der Waals surface area contributed by atoms with Gasteiger partial charge in [-0.05, 0) is 18.2 Å². The van der Waals surface area contributed by atoms with E-state index in [0.29, 0.717) is 22.7 Å². The van der Waals surface area contributed by atoms with Crippen LogP contribution in [0.4, 0.5) is 21.8 Å². The number of imidazole rings is 1. The molecule has 0 amide bonds. The number of nitrogen functional groups attached to an aromatic ring is 1. The van der Waals surface area contributed by atoms with Crippen LogP contribution >= 0.6 is 11.6 Å².